The van der Waals surface area contributed by atoms with E-state index < -0.39 is 0 Å². The van der Waals surface area contributed by atoms with Gasteiger partial charge in [0.25, 0.3) is 0 Å². The molecule has 84 valence electrons. The van der Waals surface area contributed by atoms with E-state index in [-0.39, 0.29) is 0 Å². The second-order valence-electron chi connectivity index (χ2n) is 3.59. The van der Waals surface area contributed by atoms with Crippen LogP contribution >= 0.6 is 11.3 Å². The monoisotopic (exact) mass is 237 g/mol. The first-order chi connectivity index (χ1) is 7.90. The molecule has 0 unspecified atom stereocenters. The lowest BCUT2D eigenvalue weighted by atomic mass is 10.3. The summed E-state index contributed by atoms with van der Waals surface area (Å²) in [5.74, 6) is 0.783. The minimum absolute atomic E-state index is 0.637. The molecule has 3 heterocycles. The van der Waals surface area contributed by atoms with Gasteiger partial charge in [-0.25, -0.2) is 4.98 Å². The van der Waals surface area contributed by atoms with Gasteiger partial charge in [-0.15, -0.1) is 11.3 Å². The topological polar surface area (TPSA) is 46.8 Å². The van der Waals surface area contributed by atoms with Gasteiger partial charge in [-0.1, -0.05) is 0 Å². The van der Waals surface area contributed by atoms with Crippen LogP contribution < -0.4 is 4.90 Å². The number of aldehydes is 1. The van der Waals surface area contributed by atoms with Gasteiger partial charge in [0.2, 0.25) is 0 Å². The number of carbonyl (C=O) groups is 1. The third kappa shape index (κ3) is 1.42. The number of hydrogen-bond acceptors (Lipinski definition) is 5. The molecule has 0 amide bonds. The third-order valence-electron chi connectivity index (χ3n) is 2.70. The number of thiazole rings is 1. The van der Waals surface area contributed by atoms with Crippen LogP contribution in [0, 0.1) is 0 Å². The molecular weight excluding hydrogens is 226 g/mol. The first kappa shape index (κ1) is 9.80. The molecule has 6 heteroatoms. The Balaban J connectivity index is 2.07. The van der Waals surface area contributed by atoms with E-state index >= 15 is 0 Å². The fourth-order valence-corrected chi connectivity index (χ4v) is 2.63. The van der Waals surface area contributed by atoms with Crippen molar-refractivity contribution in [1.29, 1.82) is 0 Å². The molecule has 1 saturated heterocycles. The Morgan fingerprint density at radius 3 is 3.00 bits per heavy atom. The molecular formula is C10H11N3O2S. The minimum Gasteiger partial charge on any atom is -0.378 e. The van der Waals surface area contributed by atoms with Crippen molar-refractivity contribution in [2.45, 2.75) is 0 Å². The normalized spacial score (nSPS) is 16.9. The zero-order valence-electron chi connectivity index (χ0n) is 8.63. The van der Waals surface area contributed by atoms with Crippen LogP contribution in [0.4, 0.5) is 5.82 Å². The summed E-state index contributed by atoms with van der Waals surface area (Å²) in [4.78, 5) is 18.6. The maximum atomic E-state index is 11.1. The fraction of sp³-hybridized carbons (Fsp3) is 0.400. The highest BCUT2D eigenvalue weighted by molar-refractivity contribution is 7.15. The molecule has 2 aromatic heterocycles. The van der Waals surface area contributed by atoms with E-state index in [4.69, 9.17) is 4.74 Å². The van der Waals surface area contributed by atoms with Crippen molar-refractivity contribution in [2.75, 3.05) is 31.2 Å². The molecule has 0 bridgehead atoms. The van der Waals surface area contributed by atoms with Crippen molar-refractivity contribution in [3.8, 4) is 0 Å². The predicted molar refractivity (Wildman–Crippen MR) is 61.5 cm³/mol. The number of aromatic nitrogens is 2. The van der Waals surface area contributed by atoms with Crippen molar-refractivity contribution in [2.24, 2.45) is 0 Å². The molecule has 5 nitrogen and oxygen atoms in total. The molecule has 1 aliphatic heterocycles. The van der Waals surface area contributed by atoms with Crippen molar-refractivity contribution >= 4 is 28.4 Å². The molecule has 0 saturated carbocycles. The van der Waals surface area contributed by atoms with Crippen LogP contribution in [-0.2, 0) is 4.74 Å². The van der Waals surface area contributed by atoms with E-state index in [1.807, 2.05) is 16.0 Å². The summed E-state index contributed by atoms with van der Waals surface area (Å²) >= 11 is 1.54. The fourth-order valence-electron chi connectivity index (χ4n) is 1.91. The Hall–Kier alpha value is -1.40. The lowest BCUT2D eigenvalue weighted by Crippen LogP contribution is -2.37. The molecule has 0 spiro atoms. The van der Waals surface area contributed by atoms with Crippen LogP contribution in [0.2, 0.25) is 0 Å². The molecule has 0 N–H and O–H groups in total. The summed E-state index contributed by atoms with van der Waals surface area (Å²) in [7, 11) is 0. The Labute approximate surface area is 96.3 Å². The first-order valence-electron chi connectivity index (χ1n) is 5.13. The first-order valence-corrected chi connectivity index (χ1v) is 6.01. The summed E-state index contributed by atoms with van der Waals surface area (Å²) < 4.78 is 7.12. The second-order valence-corrected chi connectivity index (χ2v) is 4.47. The molecule has 0 atom stereocenters. The molecule has 3 rings (SSSR count). The van der Waals surface area contributed by atoms with E-state index in [1.165, 1.54) is 11.3 Å². The molecule has 1 aliphatic rings. The Bertz CT molecular complexity index is 513. The Kier molecular flexibility index (Phi) is 2.37. The average Bonchev–Trinajstić information content (AvgIpc) is 2.89. The minimum atomic E-state index is 0.637. The predicted octanol–water partition coefficient (Wildman–Crippen LogP) is 1.04. The van der Waals surface area contributed by atoms with Crippen LogP contribution in [0.25, 0.3) is 4.96 Å². The lowest BCUT2D eigenvalue weighted by Gasteiger charge is -2.27. The summed E-state index contributed by atoms with van der Waals surface area (Å²) in [6.07, 6.45) is 2.75. The summed E-state index contributed by atoms with van der Waals surface area (Å²) in [5.41, 5.74) is 0.637. The summed E-state index contributed by atoms with van der Waals surface area (Å²) in [6, 6.07) is 0. The van der Waals surface area contributed by atoms with E-state index in [1.54, 1.807) is 0 Å². The number of morpholine rings is 1. The Morgan fingerprint density at radius 2 is 2.25 bits per heavy atom. The van der Waals surface area contributed by atoms with E-state index in [0.29, 0.717) is 18.9 Å². The van der Waals surface area contributed by atoms with Gasteiger partial charge < -0.3 is 9.64 Å². The van der Waals surface area contributed by atoms with Crippen LogP contribution in [0.5, 0.6) is 0 Å². The van der Waals surface area contributed by atoms with Crippen LogP contribution in [0.1, 0.15) is 10.5 Å². The van der Waals surface area contributed by atoms with Gasteiger partial charge in [-0.2, -0.15) is 0 Å². The van der Waals surface area contributed by atoms with Gasteiger partial charge in [0, 0.05) is 24.7 Å². The van der Waals surface area contributed by atoms with E-state index in [2.05, 4.69) is 9.88 Å². The van der Waals surface area contributed by atoms with Gasteiger partial charge in [-0.3, -0.25) is 9.20 Å². The quantitative estimate of drug-likeness (QED) is 0.732. The lowest BCUT2D eigenvalue weighted by molar-refractivity contribution is 0.111. The Morgan fingerprint density at radius 1 is 1.44 bits per heavy atom. The number of fused-ring (bicyclic) bond motifs is 1. The number of anilines is 1. The molecule has 1 fully saturated rings. The van der Waals surface area contributed by atoms with E-state index in [9.17, 15) is 4.79 Å². The van der Waals surface area contributed by atoms with Crippen molar-refractivity contribution in [3.63, 3.8) is 0 Å². The SMILES string of the molecule is O=Cc1c(N2CCOCC2)nc2sccn12. The van der Waals surface area contributed by atoms with Crippen molar-refractivity contribution in [3.05, 3.63) is 17.3 Å². The van der Waals surface area contributed by atoms with E-state index in [0.717, 1.165) is 30.2 Å². The highest BCUT2D eigenvalue weighted by atomic mass is 32.1. The maximum Gasteiger partial charge on any atom is 0.196 e. The van der Waals surface area contributed by atoms with Gasteiger partial charge in [0.05, 0.1) is 13.2 Å². The largest absolute Gasteiger partial charge is 0.378 e. The third-order valence-corrected chi connectivity index (χ3v) is 3.46. The molecule has 0 aromatic carbocycles. The van der Waals surface area contributed by atoms with Crippen molar-refractivity contribution in [1.82, 2.24) is 9.38 Å². The zero-order chi connectivity index (χ0) is 11.0. The smallest absolute Gasteiger partial charge is 0.196 e. The number of carbonyl (C=O) groups excluding carboxylic acids is 1. The summed E-state index contributed by atoms with van der Waals surface area (Å²) in [5, 5.41) is 1.93. The van der Waals surface area contributed by atoms with Crippen LogP contribution in [-0.4, -0.2) is 42.0 Å². The number of hydrogen-bond donors (Lipinski definition) is 0. The maximum absolute atomic E-state index is 11.1. The highest BCUT2D eigenvalue weighted by Gasteiger charge is 2.20. The standard InChI is InChI=1S/C10H11N3O2S/c14-7-8-9(12-1-4-15-5-2-12)11-10-13(8)3-6-16-10/h3,6-7H,1-2,4-5H2. The number of rotatable bonds is 2. The average molecular weight is 237 g/mol. The van der Waals surface area contributed by atoms with Gasteiger partial charge >= 0.3 is 0 Å². The molecule has 2 aromatic rings. The second kappa shape index (κ2) is 3.88. The number of ether oxygens (including phenoxy) is 1. The molecule has 16 heavy (non-hydrogen) atoms. The summed E-state index contributed by atoms with van der Waals surface area (Å²) in [6.45, 7) is 2.99. The zero-order valence-corrected chi connectivity index (χ0v) is 9.44. The number of nitrogens with zero attached hydrogens (tertiary/aromatic N) is 3. The highest BCUT2D eigenvalue weighted by Crippen LogP contribution is 2.23. The van der Waals surface area contributed by atoms with Crippen LogP contribution in [0.3, 0.4) is 0 Å². The molecule has 0 aliphatic carbocycles. The van der Waals surface area contributed by atoms with Gasteiger partial charge in [0.15, 0.2) is 17.1 Å². The van der Waals surface area contributed by atoms with Crippen molar-refractivity contribution < 1.29 is 9.53 Å². The van der Waals surface area contributed by atoms with Gasteiger partial charge in [0.1, 0.15) is 5.69 Å². The van der Waals surface area contributed by atoms with Gasteiger partial charge in [-0.05, 0) is 0 Å². The molecule has 0 radical (unpaired) electrons. The number of imidazole rings is 1. The van der Waals surface area contributed by atoms with Crippen LogP contribution in [0.15, 0.2) is 11.6 Å².